The molecular formula is C18H23NO. The zero-order valence-electron chi connectivity index (χ0n) is 11.9. The molecule has 1 aliphatic rings. The molecule has 0 bridgehead atoms. The van der Waals surface area contributed by atoms with Crippen LogP contribution in [0.2, 0.25) is 0 Å². The van der Waals surface area contributed by atoms with Crippen molar-refractivity contribution in [2.75, 3.05) is 6.54 Å². The SMILES string of the molecule is OC1CCCCC1CNCc1cccc2ccccc12. The number of hydrogen-bond donors (Lipinski definition) is 2. The summed E-state index contributed by atoms with van der Waals surface area (Å²) in [5.41, 5.74) is 1.34. The standard InChI is InChI=1S/C18H23NO/c20-18-11-4-2-7-16(18)13-19-12-15-9-5-8-14-6-1-3-10-17(14)15/h1,3,5-6,8-10,16,18-20H,2,4,7,11-13H2. The minimum atomic E-state index is -0.108. The molecule has 2 aromatic rings. The summed E-state index contributed by atoms with van der Waals surface area (Å²) in [5.74, 6) is 0.429. The summed E-state index contributed by atoms with van der Waals surface area (Å²) in [6, 6.07) is 15.0. The third-order valence-corrected chi connectivity index (χ3v) is 4.47. The Balaban J connectivity index is 1.62. The van der Waals surface area contributed by atoms with Gasteiger partial charge in [0.1, 0.15) is 0 Å². The van der Waals surface area contributed by atoms with E-state index >= 15 is 0 Å². The van der Waals surface area contributed by atoms with Crippen molar-refractivity contribution in [3.8, 4) is 0 Å². The second-order valence-electron chi connectivity index (χ2n) is 5.88. The smallest absolute Gasteiger partial charge is 0.0580 e. The van der Waals surface area contributed by atoms with Gasteiger partial charge in [-0.1, -0.05) is 55.3 Å². The Hall–Kier alpha value is -1.38. The summed E-state index contributed by atoms with van der Waals surface area (Å²) < 4.78 is 0. The predicted octanol–water partition coefficient (Wildman–Crippen LogP) is 3.48. The first-order valence-corrected chi connectivity index (χ1v) is 7.70. The summed E-state index contributed by atoms with van der Waals surface area (Å²) in [5, 5.41) is 16.2. The van der Waals surface area contributed by atoms with Crippen LogP contribution in [0.4, 0.5) is 0 Å². The van der Waals surface area contributed by atoms with E-state index in [1.807, 2.05) is 0 Å². The highest BCUT2D eigenvalue weighted by Crippen LogP contribution is 2.24. The van der Waals surface area contributed by atoms with Crippen molar-refractivity contribution in [3.05, 3.63) is 48.0 Å². The zero-order valence-corrected chi connectivity index (χ0v) is 11.9. The first-order valence-electron chi connectivity index (χ1n) is 7.70. The highest BCUT2D eigenvalue weighted by Gasteiger charge is 2.22. The van der Waals surface area contributed by atoms with Crippen LogP contribution in [0.5, 0.6) is 0 Å². The molecule has 0 heterocycles. The van der Waals surface area contributed by atoms with Crippen LogP contribution in [0.3, 0.4) is 0 Å². The van der Waals surface area contributed by atoms with Crippen molar-refractivity contribution in [3.63, 3.8) is 0 Å². The summed E-state index contributed by atoms with van der Waals surface area (Å²) in [7, 11) is 0. The number of benzene rings is 2. The van der Waals surface area contributed by atoms with Crippen molar-refractivity contribution >= 4 is 10.8 Å². The lowest BCUT2D eigenvalue weighted by Crippen LogP contribution is -2.33. The van der Waals surface area contributed by atoms with Crippen molar-refractivity contribution in [2.45, 2.75) is 38.3 Å². The van der Waals surface area contributed by atoms with Gasteiger partial charge in [0.05, 0.1) is 6.10 Å². The molecule has 106 valence electrons. The maximum atomic E-state index is 10.00. The van der Waals surface area contributed by atoms with Crippen molar-refractivity contribution < 1.29 is 5.11 Å². The van der Waals surface area contributed by atoms with E-state index in [1.54, 1.807) is 0 Å². The highest BCUT2D eigenvalue weighted by molar-refractivity contribution is 5.85. The normalized spacial score (nSPS) is 23.1. The number of aliphatic hydroxyl groups is 1. The van der Waals surface area contributed by atoms with Crippen LogP contribution in [0, 0.1) is 5.92 Å². The summed E-state index contributed by atoms with van der Waals surface area (Å²) in [6.07, 6.45) is 4.46. The third kappa shape index (κ3) is 3.02. The average molecular weight is 269 g/mol. The Kier molecular flexibility index (Phi) is 4.34. The van der Waals surface area contributed by atoms with Crippen LogP contribution in [0.15, 0.2) is 42.5 Å². The minimum Gasteiger partial charge on any atom is -0.393 e. The van der Waals surface area contributed by atoms with Gasteiger partial charge >= 0.3 is 0 Å². The van der Waals surface area contributed by atoms with E-state index in [2.05, 4.69) is 47.8 Å². The monoisotopic (exact) mass is 269 g/mol. The second kappa shape index (κ2) is 6.38. The number of aliphatic hydroxyl groups excluding tert-OH is 1. The van der Waals surface area contributed by atoms with Crippen LogP contribution in [-0.2, 0) is 6.54 Å². The van der Waals surface area contributed by atoms with Crippen LogP contribution >= 0.6 is 0 Å². The summed E-state index contributed by atoms with van der Waals surface area (Å²) in [4.78, 5) is 0. The number of nitrogens with one attached hydrogen (secondary N) is 1. The lowest BCUT2D eigenvalue weighted by molar-refractivity contribution is 0.0695. The van der Waals surface area contributed by atoms with Gasteiger partial charge in [0.15, 0.2) is 0 Å². The van der Waals surface area contributed by atoms with Crippen LogP contribution in [0.25, 0.3) is 10.8 Å². The molecule has 0 spiro atoms. The molecule has 20 heavy (non-hydrogen) atoms. The van der Waals surface area contributed by atoms with Gasteiger partial charge in [0, 0.05) is 13.1 Å². The fourth-order valence-electron chi connectivity index (χ4n) is 3.27. The first kappa shape index (κ1) is 13.6. The van der Waals surface area contributed by atoms with Gasteiger partial charge in [0.2, 0.25) is 0 Å². The molecule has 2 atom stereocenters. The molecule has 2 nitrogen and oxygen atoms in total. The average Bonchev–Trinajstić information content (AvgIpc) is 2.49. The Morgan fingerprint density at radius 3 is 2.70 bits per heavy atom. The lowest BCUT2D eigenvalue weighted by atomic mass is 9.86. The summed E-state index contributed by atoms with van der Waals surface area (Å²) in [6.45, 7) is 1.80. The second-order valence-corrected chi connectivity index (χ2v) is 5.88. The van der Waals surface area contributed by atoms with Gasteiger partial charge in [-0.3, -0.25) is 0 Å². The molecule has 3 rings (SSSR count). The Labute approximate surface area is 120 Å². The van der Waals surface area contributed by atoms with Gasteiger partial charge in [-0.05, 0) is 35.1 Å². The highest BCUT2D eigenvalue weighted by atomic mass is 16.3. The van der Waals surface area contributed by atoms with E-state index < -0.39 is 0 Å². The van der Waals surface area contributed by atoms with Crippen LogP contribution in [-0.4, -0.2) is 17.8 Å². The van der Waals surface area contributed by atoms with Crippen LogP contribution < -0.4 is 5.32 Å². The van der Waals surface area contributed by atoms with Crippen molar-refractivity contribution in [1.29, 1.82) is 0 Å². The van der Waals surface area contributed by atoms with Gasteiger partial charge in [-0.25, -0.2) is 0 Å². The van der Waals surface area contributed by atoms with E-state index in [1.165, 1.54) is 29.2 Å². The zero-order chi connectivity index (χ0) is 13.8. The third-order valence-electron chi connectivity index (χ3n) is 4.47. The molecule has 0 amide bonds. The first-order chi connectivity index (χ1) is 9.84. The molecule has 1 aliphatic carbocycles. The number of rotatable bonds is 4. The largest absolute Gasteiger partial charge is 0.393 e. The van der Waals surface area contributed by atoms with E-state index in [-0.39, 0.29) is 6.10 Å². The van der Waals surface area contributed by atoms with Crippen molar-refractivity contribution in [2.24, 2.45) is 5.92 Å². The molecule has 2 unspecified atom stereocenters. The lowest BCUT2D eigenvalue weighted by Gasteiger charge is -2.27. The molecule has 2 heteroatoms. The fourth-order valence-corrected chi connectivity index (χ4v) is 3.27. The topological polar surface area (TPSA) is 32.3 Å². The van der Waals surface area contributed by atoms with E-state index in [4.69, 9.17) is 0 Å². The van der Waals surface area contributed by atoms with E-state index in [0.717, 1.165) is 25.9 Å². The molecule has 2 N–H and O–H groups in total. The van der Waals surface area contributed by atoms with Crippen molar-refractivity contribution in [1.82, 2.24) is 5.32 Å². The minimum absolute atomic E-state index is 0.108. The Morgan fingerprint density at radius 1 is 1.00 bits per heavy atom. The van der Waals surface area contributed by atoms with Gasteiger partial charge in [-0.15, -0.1) is 0 Å². The predicted molar refractivity (Wildman–Crippen MR) is 83.6 cm³/mol. The summed E-state index contributed by atoms with van der Waals surface area (Å²) >= 11 is 0. The van der Waals surface area contributed by atoms with Gasteiger partial charge < -0.3 is 10.4 Å². The molecule has 0 radical (unpaired) electrons. The molecule has 0 saturated heterocycles. The molecule has 1 fully saturated rings. The van der Waals surface area contributed by atoms with E-state index in [0.29, 0.717) is 5.92 Å². The maximum Gasteiger partial charge on any atom is 0.0580 e. The van der Waals surface area contributed by atoms with Gasteiger partial charge in [-0.2, -0.15) is 0 Å². The van der Waals surface area contributed by atoms with Crippen LogP contribution in [0.1, 0.15) is 31.2 Å². The molecule has 1 saturated carbocycles. The molecule has 0 aromatic heterocycles. The Morgan fingerprint density at radius 2 is 1.80 bits per heavy atom. The number of fused-ring (bicyclic) bond motifs is 1. The Bertz CT molecular complexity index is 561. The van der Waals surface area contributed by atoms with E-state index in [9.17, 15) is 5.11 Å². The maximum absolute atomic E-state index is 10.00. The quantitative estimate of drug-likeness (QED) is 0.890. The molecular weight excluding hydrogens is 246 g/mol. The number of hydrogen-bond acceptors (Lipinski definition) is 2. The fraction of sp³-hybridized carbons (Fsp3) is 0.444. The molecule has 2 aromatic carbocycles. The van der Waals surface area contributed by atoms with Gasteiger partial charge in [0.25, 0.3) is 0 Å². The molecule has 0 aliphatic heterocycles.